The fourth-order valence-electron chi connectivity index (χ4n) is 1.24. The lowest BCUT2D eigenvalue weighted by molar-refractivity contribution is 0.272. The van der Waals surface area contributed by atoms with Gasteiger partial charge in [0.05, 0.1) is 0 Å². The van der Waals surface area contributed by atoms with Gasteiger partial charge in [-0.25, -0.2) is 4.39 Å². The molecule has 1 aromatic rings. The fourth-order valence-corrected chi connectivity index (χ4v) is 1.24. The van der Waals surface area contributed by atoms with Gasteiger partial charge in [0.1, 0.15) is 5.82 Å². The third-order valence-corrected chi connectivity index (χ3v) is 2.05. The number of rotatable bonds is 2. The van der Waals surface area contributed by atoms with Crippen LogP contribution in [0.3, 0.4) is 0 Å². The van der Waals surface area contributed by atoms with Gasteiger partial charge in [0.15, 0.2) is 0 Å². The number of aryl methyl sites for hydroxylation is 1. The smallest absolute Gasteiger partial charge is 0.123 e. The fraction of sp³-hybridized carbons (Fsp3) is 0.400. The molecule has 0 aliphatic carbocycles. The van der Waals surface area contributed by atoms with Crippen LogP contribution in [0.5, 0.6) is 0 Å². The number of benzene rings is 1. The van der Waals surface area contributed by atoms with Gasteiger partial charge in [-0.1, -0.05) is 13.0 Å². The second kappa shape index (κ2) is 3.68. The second-order valence-electron chi connectivity index (χ2n) is 3.08. The van der Waals surface area contributed by atoms with E-state index in [4.69, 9.17) is 5.11 Å². The largest absolute Gasteiger partial charge is 0.396 e. The van der Waals surface area contributed by atoms with E-state index in [1.807, 2.05) is 13.8 Å². The van der Waals surface area contributed by atoms with Gasteiger partial charge in [-0.15, -0.1) is 0 Å². The van der Waals surface area contributed by atoms with Gasteiger partial charge >= 0.3 is 0 Å². The summed E-state index contributed by atoms with van der Waals surface area (Å²) in [6, 6.07) is 4.65. The first kappa shape index (κ1) is 9.20. The summed E-state index contributed by atoms with van der Waals surface area (Å²) in [5, 5.41) is 8.88. The van der Waals surface area contributed by atoms with E-state index in [2.05, 4.69) is 0 Å². The van der Waals surface area contributed by atoms with E-state index in [9.17, 15) is 4.39 Å². The Morgan fingerprint density at radius 3 is 2.75 bits per heavy atom. The molecule has 0 amide bonds. The summed E-state index contributed by atoms with van der Waals surface area (Å²) in [4.78, 5) is 0. The topological polar surface area (TPSA) is 20.2 Å². The minimum absolute atomic E-state index is 0.0145. The minimum atomic E-state index is -0.240. The van der Waals surface area contributed by atoms with E-state index in [1.165, 1.54) is 12.1 Å². The van der Waals surface area contributed by atoms with Crippen LogP contribution in [0.2, 0.25) is 0 Å². The van der Waals surface area contributed by atoms with Crippen molar-refractivity contribution in [2.24, 2.45) is 0 Å². The van der Waals surface area contributed by atoms with Gasteiger partial charge in [0, 0.05) is 12.5 Å². The quantitative estimate of drug-likeness (QED) is 0.718. The Kier molecular flexibility index (Phi) is 2.82. The maximum absolute atomic E-state index is 12.8. The Balaban J connectivity index is 3.04. The molecule has 12 heavy (non-hydrogen) atoms. The lowest BCUT2D eigenvalue weighted by atomic mass is 9.97. The zero-order valence-electron chi connectivity index (χ0n) is 7.34. The minimum Gasteiger partial charge on any atom is -0.396 e. The highest BCUT2D eigenvalue weighted by molar-refractivity contribution is 5.29. The number of halogens is 1. The summed E-state index contributed by atoms with van der Waals surface area (Å²) < 4.78 is 12.8. The van der Waals surface area contributed by atoms with Gasteiger partial charge in [0.25, 0.3) is 0 Å². The molecule has 1 nitrogen and oxygen atoms in total. The zero-order chi connectivity index (χ0) is 9.14. The molecular formula is C10H13FO. The van der Waals surface area contributed by atoms with Crippen molar-refractivity contribution in [2.75, 3.05) is 6.61 Å². The van der Waals surface area contributed by atoms with E-state index in [0.717, 1.165) is 11.1 Å². The number of aliphatic hydroxyl groups is 1. The van der Waals surface area contributed by atoms with E-state index < -0.39 is 0 Å². The van der Waals surface area contributed by atoms with E-state index in [-0.39, 0.29) is 18.3 Å². The maximum atomic E-state index is 12.8. The average molecular weight is 168 g/mol. The third-order valence-electron chi connectivity index (χ3n) is 2.05. The van der Waals surface area contributed by atoms with E-state index >= 15 is 0 Å². The SMILES string of the molecule is Cc1ccc(F)cc1C(C)CO. The summed E-state index contributed by atoms with van der Waals surface area (Å²) in [5.74, 6) is -0.225. The monoisotopic (exact) mass is 168 g/mol. The predicted octanol–water partition coefficient (Wildman–Crippen LogP) is 2.23. The highest BCUT2D eigenvalue weighted by Crippen LogP contribution is 2.19. The van der Waals surface area contributed by atoms with Crippen molar-refractivity contribution in [3.63, 3.8) is 0 Å². The molecule has 0 saturated carbocycles. The Bertz CT molecular complexity index is 271. The van der Waals surface area contributed by atoms with Crippen LogP contribution in [0.15, 0.2) is 18.2 Å². The lowest BCUT2D eigenvalue weighted by Gasteiger charge is -2.11. The Labute approximate surface area is 71.9 Å². The van der Waals surface area contributed by atoms with Crippen LogP contribution in [0.25, 0.3) is 0 Å². The molecule has 1 aromatic carbocycles. The maximum Gasteiger partial charge on any atom is 0.123 e. The summed E-state index contributed by atoms with van der Waals surface area (Å²) in [5.41, 5.74) is 1.91. The molecule has 0 saturated heterocycles. The molecule has 0 aromatic heterocycles. The molecule has 0 radical (unpaired) electrons. The molecule has 0 heterocycles. The standard InChI is InChI=1S/C10H13FO/c1-7-3-4-9(11)5-10(7)8(2)6-12/h3-5,8,12H,6H2,1-2H3. The predicted molar refractivity (Wildman–Crippen MR) is 46.6 cm³/mol. The van der Waals surface area contributed by atoms with Crippen molar-refractivity contribution in [1.29, 1.82) is 0 Å². The van der Waals surface area contributed by atoms with Crippen LogP contribution in [-0.2, 0) is 0 Å². The van der Waals surface area contributed by atoms with Crippen LogP contribution in [0.4, 0.5) is 4.39 Å². The number of hydrogen-bond acceptors (Lipinski definition) is 1. The van der Waals surface area contributed by atoms with Gasteiger partial charge in [-0.2, -0.15) is 0 Å². The van der Waals surface area contributed by atoms with Crippen molar-refractivity contribution in [1.82, 2.24) is 0 Å². The first-order valence-electron chi connectivity index (χ1n) is 4.02. The van der Waals surface area contributed by atoms with Crippen LogP contribution in [-0.4, -0.2) is 11.7 Å². The van der Waals surface area contributed by atoms with Gasteiger partial charge in [0.2, 0.25) is 0 Å². The highest BCUT2D eigenvalue weighted by atomic mass is 19.1. The van der Waals surface area contributed by atoms with E-state index in [1.54, 1.807) is 6.07 Å². The Morgan fingerprint density at radius 1 is 1.50 bits per heavy atom. The summed E-state index contributed by atoms with van der Waals surface area (Å²) in [6.07, 6.45) is 0. The van der Waals surface area contributed by atoms with E-state index in [0.29, 0.717) is 0 Å². The zero-order valence-corrected chi connectivity index (χ0v) is 7.34. The molecule has 66 valence electrons. The first-order chi connectivity index (χ1) is 5.65. The molecule has 1 N–H and O–H groups in total. The van der Waals surface area contributed by atoms with Crippen LogP contribution >= 0.6 is 0 Å². The van der Waals surface area contributed by atoms with Gasteiger partial charge in [-0.05, 0) is 30.2 Å². The molecule has 0 bridgehead atoms. The average Bonchev–Trinajstić information content (AvgIpc) is 2.08. The molecule has 1 atom stereocenters. The highest BCUT2D eigenvalue weighted by Gasteiger charge is 2.07. The molecule has 0 aliphatic heterocycles. The number of hydrogen-bond donors (Lipinski definition) is 1. The summed E-state index contributed by atoms with van der Waals surface area (Å²) >= 11 is 0. The van der Waals surface area contributed by atoms with Crippen LogP contribution in [0.1, 0.15) is 24.0 Å². The van der Waals surface area contributed by atoms with Crippen molar-refractivity contribution in [3.05, 3.63) is 35.1 Å². The van der Waals surface area contributed by atoms with Crippen molar-refractivity contribution >= 4 is 0 Å². The van der Waals surface area contributed by atoms with Crippen molar-refractivity contribution < 1.29 is 9.50 Å². The Hall–Kier alpha value is -0.890. The third kappa shape index (κ3) is 1.83. The Morgan fingerprint density at radius 2 is 2.17 bits per heavy atom. The molecule has 0 fully saturated rings. The molecule has 0 aliphatic rings. The summed E-state index contributed by atoms with van der Waals surface area (Å²) in [6.45, 7) is 3.85. The normalized spacial score (nSPS) is 13.0. The molecule has 1 rings (SSSR count). The molecule has 0 spiro atoms. The van der Waals surface area contributed by atoms with Crippen LogP contribution < -0.4 is 0 Å². The number of aliphatic hydroxyl groups excluding tert-OH is 1. The van der Waals surface area contributed by atoms with Gasteiger partial charge in [-0.3, -0.25) is 0 Å². The van der Waals surface area contributed by atoms with Crippen molar-refractivity contribution in [3.8, 4) is 0 Å². The van der Waals surface area contributed by atoms with Crippen LogP contribution in [0, 0.1) is 12.7 Å². The second-order valence-corrected chi connectivity index (χ2v) is 3.08. The molecule has 2 heteroatoms. The lowest BCUT2D eigenvalue weighted by Crippen LogP contribution is -2.01. The molecule has 1 unspecified atom stereocenters. The molecular weight excluding hydrogens is 155 g/mol. The van der Waals surface area contributed by atoms with Crippen molar-refractivity contribution in [2.45, 2.75) is 19.8 Å². The summed E-state index contributed by atoms with van der Waals surface area (Å²) in [7, 11) is 0. The first-order valence-corrected chi connectivity index (χ1v) is 4.02. The van der Waals surface area contributed by atoms with Gasteiger partial charge < -0.3 is 5.11 Å².